The number of imidazole rings is 1. The molecule has 4 nitrogen and oxygen atoms in total. The van der Waals surface area contributed by atoms with Gasteiger partial charge >= 0.3 is 0 Å². The van der Waals surface area contributed by atoms with Gasteiger partial charge in [-0.2, -0.15) is 0 Å². The molecule has 0 amide bonds. The Balaban J connectivity index is 2.27. The quantitative estimate of drug-likeness (QED) is 0.867. The molecule has 4 heteroatoms. The van der Waals surface area contributed by atoms with Crippen molar-refractivity contribution in [2.75, 3.05) is 13.2 Å². The first-order valence-corrected chi connectivity index (χ1v) is 6.64. The lowest BCUT2D eigenvalue weighted by Gasteiger charge is -2.08. The van der Waals surface area contributed by atoms with Crippen molar-refractivity contribution in [3.63, 3.8) is 0 Å². The molecular weight excluding hydrogens is 238 g/mol. The maximum absolute atomic E-state index is 5.65. The van der Waals surface area contributed by atoms with Crippen LogP contribution in [-0.2, 0) is 0 Å². The van der Waals surface area contributed by atoms with Gasteiger partial charge in [0.1, 0.15) is 11.6 Å². The first-order valence-electron chi connectivity index (χ1n) is 6.64. The fourth-order valence-corrected chi connectivity index (χ4v) is 1.98. The summed E-state index contributed by atoms with van der Waals surface area (Å²) in [5, 5.41) is 0. The lowest BCUT2D eigenvalue weighted by Crippen LogP contribution is -2.10. The van der Waals surface area contributed by atoms with Gasteiger partial charge in [0.05, 0.1) is 18.5 Å². The fraction of sp³-hybridized carbons (Fsp3) is 0.400. The SMILES string of the molecule is CCOc1ccc(-c2cnc(C(C)CN)[nH]2)cc1C. The van der Waals surface area contributed by atoms with Gasteiger partial charge in [0.25, 0.3) is 0 Å². The zero-order chi connectivity index (χ0) is 13.8. The third-order valence-electron chi connectivity index (χ3n) is 3.20. The van der Waals surface area contributed by atoms with Crippen LogP contribution in [0.4, 0.5) is 0 Å². The minimum Gasteiger partial charge on any atom is -0.494 e. The zero-order valence-electron chi connectivity index (χ0n) is 11.7. The fourth-order valence-electron chi connectivity index (χ4n) is 1.98. The lowest BCUT2D eigenvalue weighted by atomic mass is 10.1. The van der Waals surface area contributed by atoms with Crippen LogP contribution in [0.15, 0.2) is 24.4 Å². The predicted octanol–water partition coefficient (Wildman–Crippen LogP) is 2.85. The summed E-state index contributed by atoms with van der Waals surface area (Å²) in [6.07, 6.45) is 1.86. The van der Waals surface area contributed by atoms with Crippen molar-refractivity contribution in [2.45, 2.75) is 26.7 Å². The van der Waals surface area contributed by atoms with E-state index in [9.17, 15) is 0 Å². The normalized spacial score (nSPS) is 12.4. The number of benzene rings is 1. The second kappa shape index (κ2) is 5.89. The average Bonchev–Trinajstić information content (AvgIpc) is 2.90. The number of hydrogen-bond donors (Lipinski definition) is 2. The maximum atomic E-state index is 5.65. The van der Waals surface area contributed by atoms with Crippen LogP contribution >= 0.6 is 0 Å². The number of nitrogens with one attached hydrogen (secondary N) is 1. The van der Waals surface area contributed by atoms with Gasteiger partial charge in [0.2, 0.25) is 0 Å². The number of aromatic amines is 1. The van der Waals surface area contributed by atoms with Crippen molar-refractivity contribution in [1.29, 1.82) is 0 Å². The maximum Gasteiger partial charge on any atom is 0.122 e. The van der Waals surface area contributed by atoms with Gasteiger partial charge in [-0.15, -0.1) is 0 Å². The number of ether oxygens (including phenoxy) is 1. The van der Waals surface area contributed by atoms with Crippen molar-refractivity contribution in [3.8, 4) is 17.0 Å². The summed E-state index contributed by atoms with van der Waals surface area (Å²) in [6.45, 7) is 7.38. The van der Waals surface area contributed by atoms with Crippen LogP contribution in [0.25, 0.3) is 11.3 Å². The number of aromatic nitrogens is 2. The monoisotopic (exact) mass is 259 g/mol. The number of H-pyrrole nitrogens is 1. The van der Waals surface area contributed by atoms with Gasteiger partial charge in [0, 0.05) is 18.0 Å². The van der Waals surface area contributed by atoms with Crippen LogP contribution in [0.1, 0.15) is 31.2 Å². The van der Waals surface area contributed by atoms with E-state index in [-0.39, 0.29) is 5.92 Å². The second-order valence-corrected chi connectivity index (χ2v) is 4.73. The van der Waals surface area contributed by atoms with E-state index in [1.165, 1.54) is 0 Å². The molecule has 0 fully saturated rings. The van der Waals surface area contributed by atoms with Crippen LogP contribution in [0.3, 0.4) is 0 Å². The molecule has 2 aromatic rings. The van der Waals surface area contributed by atoms with Crippen molar-refractivity contribution in [3.05, 3.63) is 35.8 Å². The van der Waals surface area contributed by atoms with E-state index in [0.29, 0.717) is 13.2 Å². The third-order valence-corrected chi connectivity index (χ3v) is 3.20. The Kier molecular flexibility index (Phi) is 4.22. The summed E-state index contributed by atoms with van der Waals surface area (Å²) in [4.78, 5) is 7.71. The highest BCUT2D eigenvalue weighted by Gasteiger charge is 2.10. The summed E-state index contributed by atoms with van der Waals surface area (Å²) >= 11 is 0. The summed E-state index contributed by atoms with van der Waals surface area (Å²) in [7, 11) is 0. The van der Waals surface area contributed by atoms with Gasteiger partial charge in [-0.1, -0.05) is 6.92 Å². The molecule has 0 aliphatic carbocycles. The lowest BCUT2D eigenvalue weighted by molar-refractivity contribution is 0.338. The van der Waals surface area contributed by atoms with Gasteiger partial charge in [-0.3, -0.25) is 0 Å². The Hall–Kier alpha value is -1.81. The molecule has 19 heavy (non-hydrogen) atoms. The number of nitrogens with two attached hydrogens (primary N) is 1. The molecule has 1 aromatic carbocycles. The zero-order valence-corrected chi connectivity index (χ0v) is 11.7. The van der Waals surface area contributed by atoms with Crippen LogP contribution < -0.4 is 10.5 Å². The summed E-state index contributed by atoms with van der Waals surface area (Å²) in [5.74, 6) is 2.11. The van der Waals surface area contributed by atoms with E-state index < -0.39 is 0 Å². The molecule has 0 spiro atoms. The van der Waals surface area contributed by atoms with Crippen LogP contribution in [0.2, 0.25) is 0 Å². The first kappa shape index (κ1) is 13.6. The van der Waals surface area contributed by atoms with E-state index in [1.54, 1.807) is 0 Å². The summed E-state index contributed by atoms with van der Waals surface area (Å²) in [5.41, 5.74) is 8.91. The average molecular weight is 259 g/mol. The predicted molar refractivity (Wildman–Crippen MR) is 77.4 cm³/mol. The van der Waals surface area contributed by atoms with Crippen molar-refractivity contribution < 1.29 is 4.74 Å². The summed E-state index contributed by atoms with van der Waals surface area (Å²) < 4.78 is 5.55. The molecule has 0 aliphatic heterocycles. The van der Waals surface area contributed by atoms with Gasteiger partial charge in [0.15, 0.2) is 0 Å². The van der Waals surface area contributed by atoms with Crippen LogP contribution in [0, 0.1) is 6.92 Å². The Morgan fingerprint density at radius 2 is 2.21 bits per heavy atom. The number of rotatable bonds is 5. The molecule has 0 bridgehead atoms. The number of aryl methyl sites for hydroxylation is 1. The van der Waals surface area contributed by atoms with Gasteiger partial charge in [-0.25, -0.2) is 4.98 Å². The van der Waals surface area contributed by atoms with Gasteiger partial charge < -0.3 is 15.5 Å². The van der Waals surface area contributed by atoms with Gasteiger partial charge in [-0.05, 0) is 37.6 Å². The molecule has 1 heterocycles. The number of hydrogen-bond acceptors (Lipinski definition) is 3. The van der Waals surface area contributed by atoms with E-state index in [1.807, 2.05) is 32.2 Å². The van der Waals surface area contributed by atoms with Crippen molar-refractivity contribution in [2.24, 2.45) is 5.73 Å². The van der Waals surface area contributed by atoms with Crippen LogP contribution in [-0.4, -0.2) is 23.1 Å². The summed E-state index contributed by atoms with van der Waals surface area (Å²) in [6, 6.07) is 6.15. The topological polar surface area (TPSA) is 63.9 Å². The minimum atomic E-state index is 0.248. The molecule has 0 aliphatic rings. The van der Waals surface area contributed by atoms with Crippen molar-refractivity contribution >= 4 is 0 Å². The molecule has 3 N–H and O–H groups in total. The highest BCUT2D eigenvalue weighted by molar-refractivity contribution is 5.61. The van der Waals surface area contributed by atoms with E-state index in [2.05, 4.69) is 23.0 Å². The molecule has 1 aromatic heterocycles. The van der Waals surface area contributed by atoms with E-state index in [4.69, 9.17) is 10.5 Å². The minimum absolute atomic E-state index is 0.248. The second-order valence-electron chi connectivity index (χ2n) is 4.73. The Morgan fingerprint density at radius 3 is 2.84 bits per heavy atom. The largest absolute Gasteiger partial charge is 0.494 e. The molecule has 0 radical (unpaired) electrons. The Bertz CT molecular complexity index is 548. The van der Waals surface area contributed by atoms with E-state index >= 15 is 0 Å². The Labute approximate surface area is 114 Å². The molecule has 1 unspecified atom stereocenters. The van der Waals surface area contributed by atoms with Crippen molar-refractivity contribution in [1.82, 2.24) is 9.97 Å². The molecule has 1 atom stereocenters. The van der Waals surface area contributed by atoms with E-state index in [0.717, 1.165) is 28.4 Å². The molecule has 0 saturated carbocycles. The highest BCUT2D eigenvalue weighted by atomic mass is 16.5. The standard InChI is InChI=1S/C15H21N3O/c1-4-19-14-6-5-12(7-10(14)2)13-9-17-15(18-13)11(3)8-16/h5-7,9,11H,4,8,16H2,1-3H3,(H,17,18). The molecule has 102 valence electrons. The highest BCUT2D eigenvalue weighted by Crippen LogP contribution is 2.26. The molecule has 2 rings (SSSR count). The third kappa shape index (κ3) is 2.96. The van der Waals surface area contributed by atoms with Crippen LogP contribution in [0.5, 0.6) is 5.75 Å². The smallest absolute Gasteiger partial charge is 0.122 e. The molecular formula is C15H21N3O. The number of nitrogens with zero attached hydrogens (tertiary/aromatic N) is 1. The Morgan fingerprint density at radius 1 is 1.42 bits per heavy atom. The molecule has 0 saturated heterocycles. The first-order chi connectivity index (χ1) is 9.15.